The van der Waals surface area contributed by atoms with E-state index in [2.05, 4.69) is 46.8 Å². The van der Waals surface area contributed by atoms with Crippen molar-refractivity contribution in [2.24, 2.45) is 11.8 Å². The number of nitrogens with zero attached hydrogens (tertiary/aromatic N) is 1. The van der Waals surface area contributed by atoms with Gasteiger partial charge in [0.05, 0.1) is 6.61 Å². The zero-order chi connectivity index (χ0) is 12.4. The van der Waals surface area contributed by atoms with Crippen LogP contribution < -0.4 is 4.90 Å². The summed E-state index contributed by atoms with van der Waals surface area (Å²) < 4.78 is 1.03. The van der Waals surface area contributed by atoms with Crippen LogP contribution in [0.2, 0.25) is 0 Å². The average molecular weight is 298 g/mol. The van der Waals surface area contributed by atoms with E-state index in [1.54, 1.807) is 0 Å². The minimum Gasteiger partial charge on any atom is -0.392 e. The minimum atomic E-state index is 0.105. The lowest BCUT2D eigenvalue weighted by atomic mass is 9.91. The Morgan fingerprint density at radius 2 is 1.94 bits per heavy atom. The molecule has 2 atom stereocenters. The summed E-state index contributed by atoms with van der Waals surface area (Å²) in [6.45, 7) is 6.91. The number of rotatable bonds is 2. The molecule has 3 heteroatoms. The van der Waals surface area contributed by atoms with Crippen molar-refractivity contribution in [1.82, 2.24) is 0 Å². The van der Waals surface area contributed by atoms with Crippen molar-refractivity contribution < 1.29 is 5.11 Å². The van der Waals surface area contributed by atoms with E-state index >= 15 is 0 Å². The van der Waals surface area contributed by atoms with Gasteiger partial charge in [0.1, 0.15) is 0 Å². The summed E-state index contributed by atoms with van der Waals surface area (Å²) in [5.41, 5.74) is 2.20. The maximum absolute atomic E-state index is 9.46. The van der Waals surface area contributed by atoms with Gasteiger partial charge in [0, 0.05) is 28.8 Å². The van der Waals surface area contributed by atoms with Crippen LogP contribution in [0, 0.1) is 11.8 Å². The molecular formula is C14H20BrNO. The first-order chi connectivity index (χ1) is 8.10. The Balaban J connectivity index is 2.26. The van der Waals surface area contributed by atoms with E-state index in [-0.39, 0.29) is 6.61 Å². The molecule has 1 heterocycles. The average Bonchev–Trinajstić information content (AvgIpc) is 2.27. The molecule has 2 rings (SSSR count). The maximum atomic E-state index is 9.46. The zero-order valence-electron chi connectivity index (χ0n) is 10.5. The van der Waals surface area contributed by atoms with Crippen LogP contribution in [0.1, 0.15) is 25.8 Å². The first-order valence-corrected chi connectivity index (χ1v) is 7.03. The highest BCUT2D eigenvalue weighted by atomic mass is 79.9. The lowest BCUT2D eigenvalue weighted by Crippen LogP contribution is -2.39. The Kier molecular flexibility index (Phi) is 4.10. The molecule has 0 saturated carbocycles. The van der Waals surface area contributed by atoms with E-state index in [4.69, 9.17) is 0 Å². The van der Waals surface area contributed by atoms with E-state index in [9.17, 15) is 5.11 Å². The number of anilines is 1. The molecule has 0 spiro atoms. The molecule has 1 saturated heterocycles. The smallest absolute Gasteiger partial charge is 0.0702 e. The van der Waals surface area contributed by atoms with Crippen molar-refractivity contribution in [3.05, 3.63) is 28.2 Å². The van der Waals surface area contributed by atoms with Crippen LogP contribution in [-0.2, 0) is 6.61 Å². The molecule has 1 fully saturated rings. The summed E-state index contributed by atoms with van der Waals surface area (Å²) >= 11 is 3.46. The summed E-state index contributed by atoms with van der Waals surface area (Å²) in [6.07, 6.45) is 1.31. The van der Waals surface area contributed by atoms with Gasteiger partial charge in [-0.15, -0.1) is 0 Å². The summed E-state index contributed by atoms with van der Waals surface area (Å²) in [6, 6.07) is 6.18. The number of halogens is 1. The second-order valence-electron chi connectivity index (χ2n) is 5.28. The Morgan fingerprint density at radius 3 is 2.53 bits per heavy atom. The quantitative estimate of drug-likeness (QED) is 0.904. The van der Waals surface area contributed by atoms with Gasteiger partial charge in [-0.1, -0.05) is 29.8 Å². The molecule has 0 radical (unpaired) electrons. The fourth-order valence-corrected chi connectivity index (χ4v) is 3.26. The zero-order valence-corrected chi connectivity index (χ0v) is 12.1. The van der Waals surface area contributed by atoms with Gasteiger partial charge in [-0.2, -0.15) is 0 Å². The predicted molar refractivity (Wildman–Crippen MR) is 75.2 cm³/mol. The second-order valence-corrected chi connectivity index (χ2v) is 6.20. The predicted octanol–water partition coefficient (Wildman–Crippen LogP) is 3.42. The summed E-state index contributed by atoms with van der Waals surface area (Å²) in [7, 11) is 0. The first kappa shape index (κ1) is 12.9. The molecule has 1 aliphatic rings. The van der Waals surface area contributed by atoms with Gasteiger partial charge >= 0.3 is 0 Å². The minimum absolute atomic E-state index is 0.105. The Labute approximate surface area is 112 Å². The standard InChI is InChI=1S/C14H20BrNO/c1-10-5-11(2)8-16(7-10)14-4-3-13(15)6-12(14)9-17/h3-4,6,10-11,17H,5,7-9H2,1-2H3. The van der Waals surface area contributed by atoms with E-state index in [1.165, 1.54) is 12.1 Å². The van der Waals surface area contributed by atoms with Crippen LogP contribution in [0.5, 0.6) is 0 Å². The molecule has 17 heavy (non-hydrogen) atoms. The number of hydrogen-bond acceptors (Lipinski definition) is 2. The van der Waals surface area contributed by atoms with Crippen LogP contribution in [-0.4, -0.2) is 18.2 Å². The molecule has 0 aromatic heterocycles. The Morgan fingerprint density at radius 1 is 1.29 bits per heavy atom. The van der Waals surface area contributed by atoms with Gasteiger partial charge in [0.25, 0.3) is 0 Å². The van der Waals surface area contributed by atoms with Gasteiger partial charge in [-0.05, 0) is 36.5 Å². The molecule has 0 bridgehead atoms. The lowest BCUT2D eigenvalue weighted by Gasteiger charge is -2.37. The first-order valence-electron chi connectivity index (χ1n) is 6.24. The molecule has 94 valence electrons. The highest BCUT2D eigenvalue weighted by molar-refractivity contribution is 9.10. The molecule has 1 N–H and O–H groups in total. The van der Waals surface area contributed by atoms with Crippen LogP contribution in [0.15, 0.2) is 22.7 Å². The van der Waals surface area contributed by atoms with Crippen molar-refractivity contribution >= 4 is 21.6 Å². The maximum Gasteiger partial charge on any atom is 0.0702 e. The lowest BCUT2D eigenvalue weighted by molar-refractivity contribution is 0.280. The number of hydrogen-bond donors (Lipinski definition) is 1. The summed E-state index contributed by atoms with van der Waals surface area (Å²) in [5, 5.41) is 9.46. The van der Waals surface area contributed by atoms with Crippen LogP contribution in [0.3, 0.4) is 0 Å². The summed E-state index contributed by atoms with van der Waals surface area (Å²) in [4.78, 5) is 2.41. The third-order valence-corrected chi connectivity index (χ3v) is 3.91. The van der Waals surface area contributed by atoms with Crippen molar-refractivity contribution in [3.63, 3.8) is 0 Å². The Hall–Kier alpha value is -0.540. The van der Waals surface area contributed by atoms with Crippen LogP contribution >= 0.6 is 15.9 Å². The topological polar surface area (TPSA) is 23.5 Å². The fraction of sp³-hybridized carbons (Fsp3) is 0.571. The van der Waals surface area contributed by atoms with E-state index < -0.39 is 0 Å². The molecule has 1 aromatic carbocycles. The van der Waals surface area contributed by atoms with Gasteiger partial charge in [-0.25, -0.2) is 0 Å². The molecule has 0 aliphatic carbocycles. The number of benzene rings is 1. The van der Waals surface area contributed by atoms with Crippen LogP contribution in [0.25, 0.3) is 0 Å². The monoisotopic (exact) mass is 297 g/mol. The molecule has 1 aliphatic heterocycles. The highest BCUT2D eigenvalue weighted by Crippen LogP contribution is 2.30. The van der Waals surface area contributed by atoms with Gasteiger partial charge in [-0.3, -0.25) is 0 Å². The summed E-state index contributed by atoms with van der Waals surface area (Å²) in [5.74, 6) is 1.46. The van der Waals surface area contributed by atoms with Gasteiger partial charge in [0.15, 0.2) is 0 Å². The molecule has 2 unspecified atom stereocenters. The largest absolute Gasteiger partial charge is 0.392 e. The number of aliphatic hydroxyl groups excluding tert-OH is 1. The molecule has 2 nitrogen and oxygen atoms in total. The fourth-order valence-electron chi connectivity index (χ4n) is 2.85. The third kappa shape index (κ3) is 3.02. The third-order valence-electron chi connectivity index (χ3n) is 3.42. The van der Waals surface area contributed by atoms with Gasteiger partial charge < -0.3 is 10.0 Å². The molecular weight excluding hydrogens is 278 g/mol. The van der Waals surface area contributed by atoms with Crippen molar-refractivity contribution in [2.45, 2.75) is 26.9 Å². The van der Waals surface area contributed by atoms with Crippen molar-refractivity contribution in [3.8, 4) is 0 Å². The van der Waals surface area contributed by atoms with E-state index in [0.29, 0.717) is 0 Å². The van der Waals surface area contributed by atoms with Crippen molar-refractivity contribution in [1.29, 1.82) is 0 Å². The Bertz CT molecular complexity index is 384. The number of aliphatic hydroxyl groups is 1. The van der Waals surface area contributed by atoms with E-state index in [1.807, 2.05) is 6.07 Å². The SMILES string of the molecule is CC1CC(C)CN(c2ccc(Br)cc2CO)C1. The van der Waals surface area contributed by atoms with Gasteiger partial charge in [0.2, 0.25) is 0 Å². The van der Waals surface area contributed by atoms with Crippen LogP contribution in [0.4, 0.5) is 5.69 Å². The second kappa shape index (κ2) is 5.40. The normalized spacial score (nSPS) is 25.1. The highest BCUT2D eigenvalue weighted by Gasteiger charge is 2.23. The molecule has 0 amide bonds. The molecule has 1 aromatic rings. The van der Waals surface area contributed by atoms with Crippen molar-refractivity contribution in [2.75, 3.05) is 18.0 Å². The van der Waals surface area contributed by atoms with E-state index in [0.717, 1.165) is 35.0 Å². The number of piperidine rings is 1.